The van der Waals surface area contributed by atoms with Crippen LogP contribution >= 0.6 is 22.6 Å². The van der Waals surface area contributed by atoms with Crippen LogP contribution in [0.1, 0.15) is 10.4 Å². The smallest absolute Gasteiger partial charge is 0.248 e. The Hall–Kier alpha value is -0.980. The molecule has 1 aromatic carbocycles. The topological polar surface area (TPSA) is 72.5 Å². The van der Waals surface area contributed by atoms with Gasteiger partial charge in [-0.25, -0.2) is 0 Å². The second-order valence-electron chi connectivity index (χ2n) is 2.37. The van der Waals surface area contributed by atoms with E-state index in [1.165, 1.54) is 19.2 Å². The largest absolute Gasteiger partial charge is 0.504 e. The molecule has 0 saturated heterocycles. The number of amides is 1. The summed E-state index contributed by atoms with van der Waals surface area (Å²) >= 11 is 1.89. The molecule has 0 aliphatic heterocycles. The van der Waals surface area contributed by atoms with E-state index in [1.54, 1.807) is 0 Å². The van der Waals surface area contributed by atoms with Crippen molar-refractivity contribution in [3.8, 4) is 11.5 Å². The summed E-state index contributed by atoms with van der Waals surface area (Å²) in [6.07, 6.45) is 0. The summed E-state index contributed by atoms with van der Waals surface area (Å²) in [7, 11) is 1.41. The van der Waals surface area contributed by atoms with E-state index in [9.17, 15) is 9.90 Å². The van der Waals surface area contributed by atoms with Crippen LogP contribution in [0.3, 0.4) is 0 Å². The number of primary amides is 1. The number of nitrogens with two attached hydrogens (primary N) is 1. The minimum Gasteiger partial charge on any atom is -0.504 e. The molecule has 3 N–H and O–H groups in total. The van der Waals surface area contributed by atoms with Gasteiger partial charge in [0.15, 0.2) is 11.5 Å². The molecule has 5 heteroatoms. The monoisotopic (exact) mass is 293 g/mol. The Morgan fingerprint density at radius 2 is 2.23 bits per heavy atom. The predicted molar refractivity (Wildman–Crippen MR) is 55.9 cm³/mol. The van der Waals surface area contributed by atoms with E-state index in [2.05, 4.69) is 0 Å². The van der Waals surface area contributed by atoms with Crippen LogP contribution < -0.4 is 10.5 Å². The minimum absolute atomic E-state index is 0.0214. The Bertz CT molecular complexity index is 351. The van der Waals surface area contributed by atoms with E-state index in [4.69, 9.17) is 10.5 Å². The number of rotatable bonds is 2. The second-order valence-corrected chi connectivity index (χ2v) is 3.54. The quantitative estimate of drug-likeness (QED) is 0.802. The number of carbonyl (C=O) groups is 1. The van der Waals surface area contributed by atoms with E-state index in [0.717, 1.165) is 0 Å². The number of halogens is 1. The number of aromatic hydroxyl groups is 1. The lowest BCUT2D eigenvalue weighted by molar-refractivity contribution is 0.1000. The summed E-state index contributed by atoms with van der Waals surface area (Å²) in [5, 5.41) is 9.42. The number of carbonyl (C=O) groups excluding carboxylic acids is 1. The fourth-order valence-corrected chi connectivity index (χ4v) is 1.47. The lowest BCUT2D eigenvalue weighted by Crippen LogP contribution is -2.11. The first-order chi connectivity index (χ1) is 6.06. The van der Waals surface area contributed by atoms with Crippen molar-refractivity contribution in [2.24, 2.45) is 5.73 Å². The molecule has 0 bridgehead atoms. The molecule has 0 unspecified atom stereocenters. The molecule has 1 amide bonds. The Morgan fingerprint density at radius 1 is 1.62 bits per heavy atom. The van der Waals surface area contributed by atoms with Crippen LogP contribution in [0.15, 0.2) is 12.1 Å². The summed E-state index contributed by atoms with van der Waals surface area (Å²) in [5.74, 6) is -0.273. The summed E-state index contributed by atoms with van der Waals surface area (Å²) in [4.78, 5) is 10.8. The third kappa shape index (κ3) is 2.03. The van der Waals surface area contributed by atoms with Crippen molar-refractivity contribution in [1.29, 1.82) is 0 Å². The number of hydrogen-bond acceptors (Lipinski definition) is 3. The van der Waals surface area contributed by atoms with Gasteiger partial charge in [-0.3, -0.25) is 4.79 Å². The summed E-state index contributed by atoms with van der Waals surface area (Å²) in [5.41, 5.74) is 5.40. The molecular weight excluding hydrogens is 285 g/mol. The maximum atomic E-state index is 10.8. The van der Waals surface area contributed by atoms with E-state index in [1.807, 2.05) is 22.6 Å². The fraction of sp³-hybridized carbons (Fsp3) is 0.125. The van der Waals surface area contributed by atoms with Crippen LogP contribution in [0.4, 0.5) is 0 Å². The number of benzene rings is 1. The second kappa shape index (κ2) is 3.82. The van der Waals surface area contributed by atoms with Crippen LogP contribution in [-0.4, -0.2) is 18.1 Å². The van der Waals surface area contributed by atoms with Gasteiger partial charge in [0.05, 0.1) is 10.7 Å². The first-order valence-corrected chi connectivity index (χ1v) is 4.50. The molecular formula is C8H8INO3. The zero-order chi connectivity index (χ0) is 10.0. The third-order valence-electron chi connectivity index (χ3n) is 1.53. The lowest BCUT2D eigenvalue weighted by atomic mass is 10.2. The van der Waals surface area contributed by atoms with Crippen LogP contribution in [-0.2, 0) is 0 Å². The average Bonchev–Trinajstić information content (AvgIpc) is 2.09. The predicted octanol–water partition coefficient (Wildman–Crippen LogP) is 1.10. The summed E-state index contributed by atoms with van der Waals surface area (Å²) < 4.78 is 5.39. The molecule has 0 atom stereocenters. The van der Waals surface area contributed by atoms with Gasteiger partial charge in [0.1, 0.15) is 0 Å². The van der Waals surface area contributed by atoms with Crippen molar-refractivity contribution >= 4 is 28.5 Å². The first kappa shape index (κ1) is 10.1. The van der Waals surface area contributed by atoms with E-state index in [-0.39, 0.29) is 11.5 Å². The maximum Gasteiger partial charge on any atom is 0.248 e. The van der Waals surface area contributed by atoms with Crippen molar-refractivity contribution in [2.45, 2.75) is 0 Å². The summed E-state index contributed by atoms with van der Waals surface area (Å²) in [6, 6.07) is 2.90. The molecule has 1 rings (SSSR count). The zero-order valence-corrected chi connectivity index (χ0v) is 9.03. The highest BCUT2D eigenvalue weighted by atomic mass is 127. The Balaban J connectivity index is 3.30. The Kier molecular flexibility index (Phi) is 2.97. The zero-order valence-electron chi connectivity index (χ0n) is 6.87. The van der Waals surface area contributed by atoms with Crippen LogP contribution in [0.2, 0.25) is 0 Å². The van der Waals surface area contributed by atoms with Crippen LogP contribution in [0, 0.1) is 3.57 Å². The molecule has 0 fully saturated rings. The minimum atomic E-state index is -0.545. The number of ether oxygens (including phenoxy) is 1. The van der Waals surface area contributed by atoms with Crippen molar-refractivity contribution in [3.05, 3.63) is 21.3 Å². The fourth-order valence-electron chi connectivity index (χ4n) is 0.872. The van der Waals surface area contributed by atoms with Gasteiger partial charge in [-0.1, -0.05) is 0 Å². The molecule has 0 spiro atoms. The van der Waals surface area contributed by atoms with Crippen LogP contribution in [0.5, 0.6) is 11.5 Å². The third-order valence-corrected chi connectivity index (χ3v) is 2.36. The van der Waals surface area contributed by atoms with Crippen LogP contribution in [0.25, 0.3) is 0 Å². The highest BCUT2D eigenvalue weighted by molar-refractivity contribution is 14.1. The van der Waals surface area contributed by atoms with E-state index < -0.39 is 5.91 Å². The molecule has 0 heterocycles. The molecule has 0 saturated carbocycles. The van der Waals surface area contributed by atoms with Gasteiger partial charge in [0.25, 0.3) is 0 Å². The molecule has 0 radical (unpaired) electrons. The molecule has 1 aromatic rings. The van der Waals surface area contributed by atoms with Gasteiger partial charge in [0, 0.05) is 5.56 Å². The van der Waals surface area contributed by atoms with Gasteiger partial charge in [-0.2, -0.15) is 0 Å². The molecule has 0 aliphatic carbocycles. The van der Waals surface area contributed by atoms with Gasteiger partial charge in [-0.15, -0.1) is 0 Å². The number of hydrogen-bond donors (Lipinski definition) is 2. The number of methoxy groups -OCH3 is 1. The van der Waals surface area contributed by atoms with E-state index in [0.29, 0.717) is 9.13 Å². The lowest BCUT2D eigenvalue weighted by Gasteiger charge is -2.06. The maximum absolute atomic E-state index is 10.8. The van der Waals surface area contributed by atoms with Gasteiger partial charge < -0.3 is 15.6 Å². The van der Waals surface area contributed by atoms with Crippen molar-refractivity contribution in [3.63, 3.8) is 0 Å². The number of phenols is 1. The highest BCUT2D eigenvalue weighted by Crippen LogP contribution is 2.32. The van der Waals surface area contributed by atoms with Crippen molar-refractivity contribution < 1.29 is 14.6 Å². The first-order valence-electron chi connectivity index (χ1n) is 3.42. The van der Waals surface area contributed by atoms with Crippen molar-refractivity contribution in [1.82, 2.24) is 0 Å². The average molecular weight is 293 g/mol. The standard InChI is InChI=1S/C8H8INO3/c1-13-6-3-4(8(10)12)2-5(9)7(6)11/h2-3,11H,1H3,(H2,10,12). The normalized spacial score (nSPS) is 9.69. The molecule has 4 nitrogen and oxygen atoms in total. The molecule has 13 heavy (non-hydrogen) atoms. The SMILES string of the molecule is COc1cc(C(N)=O)cc(I)c1O. The van der Waals surface area contributed by atoms with Gasteiger partial charge >= 0.3 is 0 Å². The van der Waals surface area contributed by atoms with Gasteiger partial charge in [0.2, 0.25) is 5.91 Å². The van der Waals surface area contributed by atoms with Crippen molar-refractivity contribution in [2.75, 3.05) is 7.11 Å². The van der Waals surface area contributed by atoms with Gasteiger partial charge in [-0.05, 0) is 34.7 Å². The Labute approximate surface area is 88.8 Å². The molecule has 0 aromatic heterocycles. The molecule has 70 valence electrons. The Morgan fingerprint density at radius 3 is 2.69 bits per heavy atom. The summed E-state index contributed by atoms with van der Waals surface area (Å²) in [6.45, 7) is 0. The van der Waals surface area contributed by atoms with E-state index >= 15 is 0 Å². The molecule has 0 aliphatic rings. The highest BCUT2D eigenvalue weighted by Gasteiger charge is 2.10. The number of phenolic OH excluding ortho intramolecular Hbond substituents is 1.